The van der Waals surface area contributed by atoms with Gasteiger partial charge in [0.2, 0.25) is 0 Å². The second-order valence-corrected chi connectivity index (χ2v) is 7.19. The first-order valence-corrected chi connectivity index (χ1v) is 8.47. The number of sulfone groups is 1. The third-order valence-electron chi connectivity index (χ3n) is 1.86. The molecule has 5 nitrogen and oxygen atoms in total. The average molecular weight is 355 g/mol. The van der Waals surface area contributed by atoms with Crippen molar-refractivity contribution >= 4 is 48.9 Å². The standard InChI is InChI=1S/C10H11BrO5S2/c1-2-16-9(13)6-18(14,15)5-8(12)10-7(11)3-4-17-10/h3-4H,2,5-6H2,1H3. The van der Waals surface area contributed by atoms with E-state index in [0.29, 0.717) is 9.35 Å². The Balaban J connectivity index is 2.70. The number of hydrogen-bond acceptors (Lipinski definition) is 6. The molecule has 0 spiro atoms. The van der Waals surface area contributed by atoms with Crippen molar-refractivity contribution in [3.8, 4) is 0 Å². The molecule has 1 aromatic heterocycles. The lowest BCUT2D eigenvalue weighted by Gasteiger charge is -2.03. The van der Waals surface area contributed by atoms with Crippen LogP contribution in [0.2, 0.25) is 0 Å². The minimum absolute atomic E-state index is 0.110. The van der Waals surface area contributed by atoms with E-state index in [-0.39, 0.29) is 6.61 Å². The van der Waals surface area contributed by atoms with Gasteiger partial charge < -0.3 is 4.74 Å². The molecular weight excluding hydrogens is 344 g/mol. The molecule has 0 bridgehead atoms. The number of esters is 1. The number of ether oxygens (including phenoxy) is 1. The molecule has 0 aliphatic carbocycles. The van der Waals surface area contributed by atoms with Gasteiger partial charge in [-0.25, -0.2) is 8.42 Å². The minimum atomic E-state index is -3.78. The Hall–Kier alpha value is -0.730. The van der Waals surface area contributed by atoms with E-state index in [0.717, 1.165) is 11.3 Å². The van der Waals surface area contributed by atoms with Gasteiger partial charge in [0.15, 0.2) is 15.6 Å². The fourth-order valence-electron chi connectivity index (χ4n) is 1.19. The molecule has 1 heterocycles. The van der Waals surface area contributed by atoms with E-state index in [2.05, 4.69) is 20.7 Å². The quantitative estimate of drug-likeness (QED) is 0.573. The van der Waals surface area contributed by atoms with Gasteiger partial charge in [-0.05, 0) is 34.3 Å². The second-order valence-electron chi connectivity index (χ2n) is 3.36. The molecule has 18 heavy (non-hydrogen) atoms. The topological polar surface area (TPSA) is 77.5 Å². The van der Waals surface area contributed by atoms with E-state index in [1.807, 2.05) is 0 Å². The van der Waals surface area contributed by atoms with Crippen molar-refractivity contribution in [3.05, 3.63) is 20.8 Å². The summed E-state index contributed by atoms with van der Waals surface area (Å²) in [6, 6.07) is 1.66. The third-order valence-corrected chi connectivity index (χ3v) is 5.12. The highest BCUT2D eigenvalue weighted by atomic mass is 79.9. The van der Waals surface area contributed by atoms with Crippen molar-refractivity contribution < 1.29 is 22.7 Å². The molecule has 0 aromatic carbocycles. The van der Waals surface area contributed by atoms with Gasteiger partial charge in [-0.1, -0.05) is 0 Å². The molecule has 0 N–H and O–H groups in total. The summed E-state index contributed by atoms with van der Waals surface area (Å²) in [7, 11) is -3.78. The number of ketones is 1. The Morgan fingerprint density at radius 2 is 2.06 bits per heavy atom. The summed E-state index contributed by atoms with van der Waals surface area (Å²) >= 11 is 4.30. The predicted molar refractivity (Wildman–Crippen MR) is 71.6 cm³/mol. The van der Waals surface area contributed by atoms with Crippen LogP contribution in [0, 0.1) is 0 Å². The Morgan fingerprint density at radius 1 is 1.39 bits per heavy atom. The molecule has 0 fully saturated rings. The number of rotatable bonds is 6. The Kier molecular flexibility index (Phi) is 5.48. The largest absolute Gasteiger partial charge is 0.465 e. The number of carbonyl (C=O) groups excluding carboxylic acids is 2. The van der Waals surface area contributed by atoms with Crippen LogP contribution in [0.1, 0.15) is 16.6 Å². The summed E-state index contributed by atoms with van der Waals surface area (Å²) in [5.41, 5.74) is 0. The molecule has 0 atom stereocenters. The Morgan fingerprint density at radius 3 is 2.56 bits per heavy atom. The van der Waals surface area contributed by atoms with Crippen molar-refractivity contribution in [1.29, 1.82) is 0 Å². The summed E-state index contributed by atoms with van der Waals surface area (Å²) in [5, 5.41) is 1.68. The molecule has 8 heteroatoms. The zero-order valence-electron chi connectivity index (χ0n) is 9.51. The predicted octanol–water partition coefficient (Wildman–Crippen LogP) is 1.67. The van der Waals surface area contributed by atoms with Gasteiger partial charge in [0.1, 0.15) is 11.5 Å². The van der Waals surface area contributed by atoms with Gasteiger partial charge in [0, 0.05) is 4.47 Å². The van der Waals surface area contributed by atoms with Crippen LogP contribution >= 0.6 is 27.3 Å². The SMILES string of the molecule is CCOC(=O)CS(=O)(=O)CC(=O)c1sccc1Br. The highest BCUT2D eigenvalue weighted by Crippen LogP contribution is 2.23. The zero-order valence-corrected chi connectivity index (χ0v) is 12.7. The second kappa shape index (κ2) is 6.44. The van der Waals surface area contributed by atoms with Crippen molar-refractivity contribution in [2.24, 2.45) is 0 Å². The highest BCUT2D eigenvalue weighted by Gasteiger charge is 2.24. The lowest BCUT2D eigenvalue weighted by atomic mass is 10.3. The highest BCUT2D eigenvalue weighted by molar-refractivity contribution is 9.10. The number of carbonyl (C=O) groups is 2. The van der Waals surface area contributed by atoms with E-state index in [1.165, 1.54) is 0 Å². The smallest absolute Gasteiger partial charge is 0.321 e. The van der Waals surface area contributed by atoms with Crippen LogP contribution in [-0.4, -0.2) is 38.3 Å². The Labute approximate surface area is 117 Å². The van der Waals surface area contributed by atoms with E-state index in [9.17, 15) is 18.0 Å². The molecular formula is C10H11BrO5S2. The van der Waals surface area contributed by atoms with E-state index >= 15 is 0 Å². The monoisotopic (exact) mass is 354 g/mol. The molecule has 0 saturated heterocycles. The first kappa shape index (κ1) is 15.3. The van der Waals surface area contributed by atoms with Crippen molar-refractivity contribution in [3.63, 3.8) is 0 Å². The van der Waals surface area contributed by atoms with Crippen molar-refractivity contribution in [2.45, 2.75) is 6.92 Å². The number of halogens is 1. The van der Waals surface area contributed by atoms with Gasteiger partial charge in [0.05, 0.1) is 11.5 Å². The number of hydrogen-bond donors (Lipinski definition) is 0. The van der Waals surface area contributed by atoms with Crippen LogP contribution in [0.25, 0.3) is 0 Å². The lowest BCUT2D eigenvalue weighted by molar-refractivity contribution is -0.139. The summed E-state index contributed by atoms with van der Waals surface area (Å²) in [6.07, 6.45) is 0. The van der Waals surface area contributed by atoms with Crippen molar-refractivity contribution in [1.82, 2.24) is 0 Å². The molecule has 1 rings (SSSR count). The third kappa shape index (κ3) is 4.51. The first-order valence-electron chi connectivity index (χ1n) is 4.98. The van der Waals surface area contributed by atoms with Crippen LogP contribution in [0.3, 0.4) is 0 Å². The van der Waals surface area contributed by atoms with Crippen molar-refractivity contribution in [2.75, 3.05) is 18.1 Å². The lowest BCUT2D eigenvalue weighted by Crippen LogP contribution is -2.24. The van der Waals surface area contributed by atoms with Crippen LogP contribution < -0.4 is 0 Å². The van der Waals surface area contributed by atoms with Gasteiger partial charge in [-0.2, -0.15) is 0 Å². The molecule has 100 valence electrons. The summed E-state index contributed by atoms with van der Waals surface area (Å²) in [6.45, 7) is 1.69. The summed E-state index contributed by atoms with van der Waals surface area (Å²) in [5.74, 6) is -2.82. The summed E-state index contributed by atoms with van der Waals surface area (Å²) < 4.78 is 28.3. The fraction of sp³-hybridized carbons (Fsp3) is 0.400. The van der Waals surface area contributed by atoms with Crippen LogP contribution in [0.15, 0.2) is 15.9 Å². The molecule has 0 amide bonds. The fourth-order valence-corrected chi connectivity index (χ4v) is 3.90. The van der Waals surface area contributed by atoms with E-state index < -0.39 is 33.1 Å². The molecule has 0 radical (unpaired) electrons. The van der Waals surface area contributed by atoms with E-state index in [4.69, 9.17) is 0 Å². The van der Waals surface area contributed by atoms with Crippen LogP contribution in [0.4, 0.5) is 0 Å². The number of thiophene rings is 1. The maximum absolute atomic E-state index is 11.7. The van der Waals surface area contributed by atoms with Crippen LogP contribution in [0.5, 0.6) is 0 Å². The molecule has 0 aliphatic heterocycles. The molecule has 0 aliphatic rings. The number of Topliss-reactive ketones (excluding diaryl/α,β-unsaturated/α-hetero) is 1. The molecule has 0 unspecified atom stereocenters. The molecule has 0 saturated carbocycles. The Bertz CT molecular complexity index is 546. The maximum atomic E-state index is 11.7. The normalized spacial score (nSPS) is 11.2. The molecule has 1 aromatic rings. The van der Waals surface area contributed by atoms with Gasteiger partial charge in [-0.15, -0.1) is 11.3 Å². The zero-order chi connectivity index (χ0) is 13.8. The minimum Gasteiger partial charge on any atom is -0.465 e. The van der Waals surface area contributed by atoms with E-state index in [1.54, 1.807) is 18.4 Å². The van der Waals surface area contributed by atoms with Gasteiger partial charge in [-0.3, -0.25) is 9.59 Å². The van der Waals surface area contributed by atoms with Gasteiger partial charge in [0.25, 0.3) is 0 Å². The summed E-state index contributed by atoms with van der Waals surface area (Å²) in [4.78, 5) is 23.1. The van der Waals surface area contributed by atoms with Gasteiger partial charge >= 0.3 is 5.97 Å². The first-order chi connectivity index (χ1) is 8.35. The van der Waals surface area contributed by atoms with Crippen LogP contribution in [-0.2, 0) is 19.4 Å². The average Bonchev–Trinajstić information content (AvgIpc) is 2.62. The maximum Gasteiger partial charge on any atom is 0.321 e.